The third-order valence-electron chi connectivity index (χ3n) is 4.04. The minimum atomic E-state index is -0.408. The maximum Gasteiger partial charge on any atom is 0.494 e. The Balaban J connectivity index is 2.02. The molecule has 0 saturated carbocycles. The van der Waals surface area contributed by atoms with E-state index in [9.17, 15) is 4.79 Å². The molecule has 1 heterocycles. The Bertz CT molecular complexity index is 574. The molecule has 1 aliphatic heterocycles. The molecule has 1 aliphatic rings. The van der Waals surface area contributed by atoms with Gasteiger partial charge in [-0.3, -0.25) is 0 Å². The summed E-state index contributed by atoms with van der Waals surface area (Å²) in [7, 11) is -0.408. The number of nitrogens with one attached hydrogen (secondary N) is 2. The van der Waals surface area contributed by atoms with E-state index in [1.807, 2.05) is 39.8 Å². The molecule has 0 aliphatic carbocycles. The first kappa shape index (κ1) is 16.4. The van der Waals surface area contributed by atoms with E-state index in [1.165, 1.54) is 0 Å². The third-order valence-corrected chi connectivity index (χ3v) is 4.04. The fourth-order valence-corrected chi connectivity index (χ4v) is 2.01. The zero-order chi connectivity index (χ0) is 16.4. The first-order chi connectivity index (χ1) is 10.2. The Kier molecular flexibility index (Phi) is 4.50. The predicted molar refractivity (Wildman–Crippen MR) is 88.0 cm³/mol. The molecule has 2 N–H and O–H groups in total. The SMILES string of the molecule is C#CCNC(=O)Nc1ccc(B2OC(C)(C)C(C)(C)O2)cc1. The van der Waals surface area contributed by atoms with Gasteiger partial charge in [0, 0.05) is 5.69 Å². The van der Waals surface area contributed by atoms with Crippen molar-refractivity contribution >= 4 is 24.3 Å². The molecular formula is C16H21BN2O3. The van der Waals surface area contributed by atoms with Crippen molar-refractivity contribution in [3.63, 3.8) is 0 Å². The number of hydrogen-bond acceptors (Lipinski definition) is 3. The summed E-state index contributed by atoms with van der Waals surface area (Å²) in [5.41, 5.74) is 0.843. The van der Waals surface area contributed by atoms with E-state index in [0.29, 0.717) is 5.69 Å². The smallest absolute Gasteiger partial charge is 0.399 e. The Labute approximate surface area is 131 Å². The molecule has 0 radical (unpaired) electrons. The molecule has 2 rings (SSSR count). The standard InChI is InChI=1S/C16H21BN2O3/c1-6-11-18-14(20)19-13-9-7-12(8-10-13)17-21-15(2,3)16(4,5)22-17/h1,7-10H,11H2,2-5H3,(H2,18,19,20). The van der Waals surface area contributed by atoms with Crippen molar-refractivity contribution in [3.05, 3.63) is 24.3 Å². The van der Waals surface area contributed by atoms with Crippen LogP contribution in [0.1, 0.15) is 27.7 Å². The Morgan fingerprint density at radius 2 is 1.73 bits per heavy atom. The first-order valence-electron chi connectivity index (χ1n) is 7.19. The number of hydrogen-bond donors (Lipinski definition) is 2. The van der Waals surface area contributed by atoms with Gasteiger partial charge in [-0.15, -0.1) is 6.42 Å². The quantitative estimate of drug-likeness (QED) is 0.660. The lowest BCUT2D eigenvalue weighted by Gasteiger charge is -2.32. The largest absolute Gasteiger partial charge is 0.494 e. The number of urea groups is 1. The fraction of sp³-hybridized carbons (Fsp3) is 0.438. The van der Waals surface area contributed by atoms with Crippen LogP contribution in [0.4, 0.5) is 10.5 Å². The molecule has 22 heavy (non-hydrogen) atoms. The zero-order valence-electron chi connectivity index (χ0n) is 13.4. The lowest BCUT2D eigenvalue weighted by Crippen LogP contribution is -2.41. The second-order valence-electron chi connectivity index (χ2n) is 6.22. The highest BCUT2D eigenvalue weighted by Crippen LogP contribution is 2.36. The number of carbonyl (C=O) groups excluding carboxylic acids is 1. The number of amides is 2. The maximum absolute atomic E-state index is 11.5. The molecule has 0 bridgehead atoms. The summed E-state index contributed by atoms with van der Waals surface area (Å²) >= 11 is 0. The molecule has 116 valence electrons. The zero-order valence-corrected chi connectivity index (χ0v) is 13.4. The highest BCUT2D eigenvalue weighted by Gasteiger charge is 2.51. The van der Waals surface area contributed by atoms with Crippen molar-refractivity contribution in [2.45, 2.75) is 38.9 Å². The minimum absolute atomic E-state index is 0.192. The van der Waals surface area contributed by atoms with Gasteiger partial charge < -0.3 is 19.9 Å². The summed E-state index contributed by atoms with van der Waals surface area (Å²) in [6.07, 6.45) is 5.08. The van der Waals surface area contributed by atoms with Crippen LogP contribution >= 0.6 is 0 Å². The second-order valence-corrected chi connectivity index (χ2v) is 6.22. The van der Waals surface area contributed by atoms with Gasteiger partial charge in [0.2, 0.25) is 0 Å². The van der Waals surface area contributed by atoms with Gasteiger partial charge in [-0.25, -0.2) is 4.79 Å². The molecule has 2 amide bonds. The van der Waals surface area contributed by atoms with Gasteiger partial charge in [-0.1, -0.05) is 18.1 Å². The van der Waals surface area contributed by atoms with Crippen LogP contribution in [0.25, 0.3) is 0 Å². The summed E-state index contributed by atoms with van der Waals surface area (Å²) in [5.74, 6) is 2.34. The van der Waals surface area contributed by atoms with Crippen molar-refractivity contribution in [1.82, 2.24) is 5.32 Å². The van der Waals surface area contributed by atoms with Crippen LogP contribution < -0.4 is 16.1 Å². The highest BCUT2D eigenvalue weighted by atomic mass is 16.7. The van der Waals surface area contributed by atoms with Gasteiger partial charge in [0.1, 0.15) is 0 Å². The third kappa shape index (κ3) is 3.43. The van der Waals surface area contributed by atoms with Gasteiger partial charge in [-0.05, 0) is 45.3 Å². The number of rotatable bonds is 3. The van der Waals surface area contributed by atoms with Crippen LogP contribution in [-0.4, -0.2) is 30.9 Å². The van der Waals surface area contributed by atoms with Gasteiger partial charge in [0.05, 0.1) is 17.7 Å². The number of anilines is 1. The maximum atomic E-state index is 11.5. The van der Waals surface area contributed by atoms with Gasteiger partial charge >= 0.3 is 13.1 Å². The van der Waals surface area contributed by atoms with Crippen LogP contribution in [0.3, 0.4) is 0 Å². The number of carbonyl (C=O) groups is 1. The summed E-state index contributed by atoms with van der Waals surface area (Å²) in [6.45, 7) is 8.24. The summed E-state index contributed by atoms with van der Waals surface area (Å²) in [6, 6.07) is 7.02. The van der Waals surface area contributed by atoms with Crippen LogP contribution in [0.5, 0.6) is 0 Å². The van der Waals surface area contributed by atoms with E-state index < -0.39 is 7.12 Å². The van der Waals surface area contributed by atoms with Crippen LogP contribution in [0.15, 0.2) is 24.3 Å². The summed E-state index contributed by atoms with van der Waals surface area (Å²) in [5, 5.41) is 5.24. The van der Waals surface area contributed by atoms with E-state index in [2.05, 4.69) is 16.6 Å². The van der Waals surface area contributed by atoms with E-state index >= 15 is 0 Å². The van der Waals surface area contributed by atoms with E-state index in [0.717, 1.165) is 5.46 Å². The van der Waals surface area contributed by atoms with Crippen LogP contribution in [0, 0.1) is 12.3 Å². The van der Waals surface area contributed by atoms with E-state index in [1.54, 1.807) is 12.1 Å². The molecule has 1 fully saturated rings. The molecule has 0 aromatic heterocycles. The predicted octanol–water partition coefficient (Wildman–Crippen LogP) is 1.74. The molecule has 1 aromatic rings. The normalized spacial score (nSPS) is 18.6. The number of benzene rings is 1. The van der Waals surface area contributed by atoms with Gasteiger partial charge in [0.15, 0.2) is 0 Å². The molecule has 1 aromatic carbocycles. The Hall–Kier alpha value is -1.97. The van der Waals surface area contributed by atoms with Crippen molar-refractivity contribution in [3.8, 4) is 12.3 Å². The monoisotopic (exact) mass is 300 g/mol. The van der Waals surface area contributed by atoms with E-state index in [4.69, 9.17) is 15.7 Å². The molecular weight excluding hydrogens is 279 g/mol. The Morgan fingerprint density at radius 1 is 1.18 bits per heavy atom. The second kappa shape index (κ2) is 6.03. The average molecular weight is 300 g/mol. The van der Waals surface area contributed by atoms with E-state index in [-0.39, 0.29) is 23.8 Å². The minimum Gasteiger partial charge on any atom is -0.399 e. The molecule has 0 unspecified atom stereocenters. The topological polar surface area (TPSA) is 59.6 Å². The average Bonchev–Trinajstić information content (AvgIpc) is 2.66. The molecule has 1 saturated heterocycles. The van der Waals surface area contributed by atoms with Crippen molar-refractivity contribution in [1.29, 1.82) is 0 Å². The van der Waals surface area contributed by atoms with Crippen molar-refractivity contribution in [2.24, 2.45) is 0 Å². The van der Waals surface area contributed by atoms with Crippen LogP contribution in [-0.2, 0) is 9.31 Å². The van der Waals surface area contributed by atoms with Gasteiger partial charge in [0.25, 0.3) is 0 Å². The first-order valence-corrected chi connectivity index (χ1v) is 7.19. The van der Waals surface area contributed by atoms with Crippen LogP contribution in [0.2, 0.25) is 0 Å². The fourth-order valence-electron chi connectivity index (χ4n) is 2.01. The lowest BCUT2D eigenvalue weighted by atomic mass is 9.79. The molecule has 0 spiro atoms. The summed E-state index contributed by atoms with van der Waals surface area (Å²) < 4.78 is 12.0. The molecule has 0 atom stereocenters. The van der Waals surface area contributed by atoms with Crippen molar-refractivity contribution < 1.29 is 14.1 Å². The number of terminal acetylenes is 1. The summed E-state index contributed by atoms with van der Waals surface area (Å²) in [4.78, 5) is 11.5. The molecule has 5 nitrogen and oxygen atoms in total. The van der Waals surface area contributed by atoms with Crippen molar-refractivity contribution in [2.75, 3.05) is 11.9 Å². The van der Waals surface area contributed by atoms with Gasteiger partial charge in [-0.2, -0.15) is 0 Å². The lowest BCUT2D eigenvalue weighted by molar-refractivity contribution is 0.00578. The highest BCUT2D eigenvalue weighted by molar-refractivity contribution is 6.62. The molecule has 6 heteroatoms. The Morgan fingerprint density at radius 3 is 2.23 bits per heavy atom.